The smallest absolute Gasteiger partial charge is 0.308 e. The summed E-state index contributed by atoms with van der Waals surface area (Å²) in [7, 11) is 0. The molecule has 1 unspecified atom stereocenters. The van der Waals surface area contributed by atoms with Crippen molar-refractivity contribution >= 4 is 17.7 Å². The third-order valence-corrected chi connectivity index (χ3v) is 2.93. The lowest BCUT2D eigenvalue weighted by atomic mass is 10.1. The Bertz CT molecular complexity index is 469. The molecule has 0 aliphatic carbocycles. The minimum absolute atomic E-state index is 0.0931. The van der Waals surface area contributed by atoms with Gasteiger partial charge in [-0.2, -0.15) is 0 Å². The van der Waals surface area contributed by atoms with Crippen LogP contribution in [0.2, 0.25) is 0 Å². The van der Waals surface area contributed by atoms with E-state index >= 15 is 0 Å². The second-order valence-electron chi connectivity index (χ2n) is 5.54. The number of carbonyl (C=O) groups excluding carboxylic acids is 1. The Morgan fingerprint density at radius 2 is 1.95 bits per heavy atom. The number of carboxylic acid groups (broad SMARTS) is 1. The first-order valence-electron chi connectivity index (χ1n) is 6.77. The predicted octanol–water partition coefficient (Wildman–Crippen LogP) is 2.49. The highest BCUT2D eigenvalue weighted by Gasteiger charge is 2.23. The van der Waals surface area contributed by atoms with Crippen LogP contribution in [-0.2, 0) is 9.59 Å². The minimum Gasteiger partial charge on any atom is -0.481 e. The zero-order valence-corrected chi connectivity index (χ0v) is 12.5. The number of anilines is 1. The maximum Gasteiger partial charge on any atom is 0.308 e. The van der Waals surface area contributed by atoms with Crippen molar-refractivity contribution in [2.75, 3.05) is 11.4 Å². The Balaban J connectivity index is 2.97. The highest BCUT2D eigenvalue weighted by atomic mass is 16.4. The lowest BCUT2D eigenvalue weighted by Gasteiger charge is -2.24. The van der Waals surface area contributed by atoms with Gasteiger partial charge >= 0.3 is 5.97 Å². The first-order valence-corrected chi connectivity index (χ1v) is 6.77. The number of nitrogens with zero attached hydrogens (tertiary/aromatic N) is 2. The highest BCUT2D eigenvalue weighted by Crippen LogP contribution is 2.16. The van der Waals surface area contributed by atoms with Crippen molar-refractivity contribution in [3.05, 3.63) is 23.9 Å². The fraction of sp³-hybridized carbons (Fsp3) is 0.533. The second kappa shape index (κ2) is 7.03. The molecule has 1 amide bonds. The van der Waals surface area contributed by atoms with Crippen LogP contribution in [0.25, 0.3) is 0 Å². The lowest BCUT2D eigenvalue weighted by molar-refractivity contribution is -0.140. The molecule has 0 saturated heterocycles. The molecule has 0 saturated carbocycles. The van der Waals surface area contributed by atoms with Gasteiger partial charge < -0.3 is 5.11 Å². The Morgan fingerprint density at radius 1 is 1.30 bits per heavy atom. The van der Waals surface area contributed by atoms with Crippen LogP contribution in [0.4, 0.5) is 5.82 Å². The van der Waals surface area contributed by atoms with Gasteiger partial charge in [-0.1, -0.05) is 26.8 Å². The van der Waals surface area contributed by atoms with Gasteiger partial charge in [0.1, 0.15) is 5.82 Å². The molecule has 0 radical (unpaired) electrons. The van der Waals surface area contributed by atoms with E-state index in [4.69, 9.17) is 5.11 Å². The molecule has 0 bridgehead atoms. The van der Waals surface area contributed by atoms with Crippen molar-refractivity contribution in [1.82, 2.24) is 4.98 Å². The molecule has 0 fully saturated rings. The molecular weight excluding hydrogens is 256 g/mol. The molecule has 0 spiro atoms. The van der Waals surface area contributed by atoms with Gasteiger partial charge in [0.25, 0.3) is 0 Å². The van der Waals surface area contributed by atoms with Gasteiger partial charge in [0.05, 0.1) is 5.92 Å². The van der Waals surface area contributed by atoms with Gasteiger partial charge in [0.15, 0.2) is 0 Å². The van der Waals surface area contributed by atoms with E-state index < -0.39 is 11.9 Å². The summed E-state index contributed by atoms with van der Waals surface area (Å²) in [4.78, 5) is 29.0. The van der Waals surface area contributed by atoms with Crippen molar-refractivity contribution in [2.24, 2.45) is 11.8 Å². The molecule has 1 heterocycles. The summed E-state index contributed by atoms with van der Waals surface area (Å²) in [6.45, 7) is 7.55. The number of rotatable bonds is 6. The van der Waals surface area contributed by atoms with Crippen LogP contribution < -0.4 is 4.90 Å². The summed E-state index contributed by atoms with van der Waals surface area (Å²) < 4.78 is 0. The van der Waals surface area contributed by atoms with E-state index in [1.807, 2.05) is 26.8 Å². The molecule has 1 atom stereocenters. The SMILES string of the molecule is Cc1ccc(N(CC(C)C(=O)O)C(=O)CC(C)C)nc1. The lowest BCUT2D eigenvalue weighted by Crippen LogP contribution is -2.38. The quantitative estimate of drug-likeness (QED) is 0.868. The van der Waals surface area contributed by atoms with E-state index in [1.165, 1.54) is 4.90 Å². The zero-order valence-electron chi connectivity index (χ0n) is 12.5. The molecule has 5 nitrogen and oxygen atoms in total. The Hall–Kier alpha value is -1.91. The van der Waals surface area contributed by atoms with Crippen LogP contribution in [0, 0.1) is 18.8 Å². The maximum atomic E-state index is 12.3. The third kappa shape index (κ3) is 4.64. The summed E-state index contributed by atoms with van der Waals surface area (Å²) >= 11 is 0. The van der Waals surface area contributed by atoms with Crippen LogP contribution in [0.5, 0.6) is 0 Å². The van der Waals surface area contributed by atoms with Gasteiger partial charge in [0, 0.05) is 19.2 Å². The van der Waals surface area contributed by atoms with Crippen LogP contribution in [0.1, 0.15) is 32.8 Å². The number of aromatic nitrogens is 1. The van der Waals surface area contributed by atoms with E-state index in [2.05, 4.69) is 4.98 Å². The molecule has 0 aromatic carbocycles. The molecule has 1 N–H and O–H groups in total. The van der Waals surface area contributed by atoms with E-state index in [1.54, 1.807) is 19.2 Å². The molecule has 20 heavy (non-hydrogen) atoms. The van der Waals surface area contributed by atoms with Crippen LogP contribution in [-0.4, -0.2) is 28.5 Å². The van der Waals surface area contributed by atoms with Crippen molar-refractivity contribution in [1.29, 1.82) is 0 Å². The largest absolute Gasteiger partial charge is 0.481 e. The van der Waals surface area contributed by atoms with E-state index in [0.717, 1.165) is 5.56 Å². The molecule has 5 heteroatoms. The molecule has 1 rings (SSSR count). The monoisotopic (exact) mass is 278 g/mol. The highest BCUT2D eigenvalue weighted by molar-refractivity contribution is 5.93. The fourth-order valence-electron chi connectivity index (χ4n) is 1.75. The van der Waals surface area contributed by atoms with Gasteiger partial charge in [0.2, 0.25) is 5.91 Å². The predicted molar refractivity (Wildman–Crippen MR) is 77.6 cm³/mol. The average molecular weight is 278 g/mol. The van der Waals surface area contributed by atoms with Gasteiger partial charge in [-0.3, -0.25) is 14.5 Å². The van der Waals surface area contributed by atoms with E-state index in [0.29, 0.717) is 12.2 Å². The summed E-state index contributed by atoms with van der Waals surface area (Å²) in [5, 5.41) is 9.03. The molecule has 0 aliphatic heterocycles. The first kappa shape index (κ1) is 16.1. The van der Waals surface area contributed by atoms with Crippen molar-refractivity contribution in [3.63, 3.8) is 0 Å². The van der Waals surface area contributed by atoms with E-state index in [-0.39, 0.29) is 18.4 Å². The number of carbonyl (C=O) groups is 2. The molecule has 1 aromatic rings. The summed E-state index contributed by atoms with van der Waals surface area (Å²) in [6.07, 6.45) is 2.05. The minimum atomic E-state index is -0.917. The molecular formula is C15H22N2O3. The van der Waals surface area contributed by atoms with Gasteiger partial charge in [-0.25, -0.2) is 4.98 Å². The van der Waals surface area contributed by atoms with Gasteiger partial charge in [-0.05, 0) is 24.5 Å². The van der Waals surface area contributed by atoms with Gasteiger partial charge in [-0.15, -0.1) is 0 Å². The third-order valence-electron chi connectivity index (χ3n) is 2.93. The van der Waals surface area contributed by atoms with Crippen LogP contribution in [0.3, 0.4) is 0 Å². The van der Waals surface area contributed by atoms with Crippen molar-refractivity contribution in [3.8, 4) is 0 Å². The topological polar surface area (TPSA) is 70.5 Å². The number of carboxylic acids is 1. The van der Waals surface area contributed by atoms with Crippen molar-refractivity contribution in [2.45, 2.75) is 34.1 Å². The number of amides is 1. The normalized spacial score (nSPS) is 12.2. The first-order chi connectivity index (χ1) is 9.31. The molecule has 110 valence electrons. The molecule has 1 aromatic heterocycles. The van der Waals surface area contributed by atoms with Crippen LogP contribution in [0.15, 0.2) is 18.3 Å². The number of pyridine rings is 1. The molecule has 0 aliphatic rings. The summed E-state index contributed by atoms with van der Waals surface area (Å²) in [6, 6.07) is 3.62. The number of hydrogen-bond donors (Lipinski definition) is 1. The average Bonchev–Trinajstić information content (AvgIpc) is 2.35. The van der Waals surface area contributed by atoms with Crippen LogP contribution >= 0.6 is 0 Å². The Kier molecular flexibility index (Phi) is 5.67. The Labute approximate surface area is 119 Å². The fourth-order valence-corrected chi connectivity index (χ4v) is 1.75. The zero-order chi connectivity index (χ0) is 15.3. The van der Waals surface area contributed by atoms with E-state index in [9.17, 15) is 9.59 Å². The number of aliphatic carboxylic acids is 1. The number of hydrogen-bond acceptors (Lipinski definition) is 3. The standard InChI is InChI=1S/C15H22N2O3/c1-10(2)7-14(18)17(9-12(4)15(19)20)13-6-5-11(3)8-16-13/h5-6,8,10,12H,7,9H2,1-4H3,(H,19,20). The van der Waals surface area contributed by atoms with Crippen molar-refractivity contribution < 1.29 is 14.7 Å². The Morgan fingerprint density at radius 3 is 2.40 bits per heavy atom. The maximum absolute atomic E-state index is 12.3. The number of aryl methyl sites for hydroxylation is 1. The summed E-state index contributed by atoms with van der Waals surface area (Å²) in [5.74, 6) is -0.914. The summed E-state index contributed by atoms with van der Waals surface area (Å²) in [5.41, 5.74) is 0.997. The second-order valence-corrected chi connectivity index (χ2v) is 5.54.